The van der Waals surface area contributed by atoms with Crippen molar-refractivity contribution in [3.8, 4) is 0 Å². The molecule has 0 unspecified atom stereocenters. The number of hydrogen-bond donors (Lipinski definition) is 0. The highest BCUT2D eigenvalue weighted by Gasteiger charge is 2.22. The van der Waals surface area contributed by atoms with Crippen molar-refractivity contribution in [2.24, 2.45) is 0 Å². The molecular weight excluding hydrogens is 288 g/mol. The standard InChI is InChI=1S/C16H14O4S/c1-19-10-13(16(18)20-2)12-8-9-21-15(12)14(17)11-6-4-3-5-7-11/h3-10H,1-2H3. The van der Waals surface area contributed by atoms with Gasteiger partial charge in [-0.2, -0.15) is 0 Å². The predicted molar refractivity (Wildman–Crippen MR) is 81.2 cm³/mol. The molecule has 1 aromatic carbocycles. The number of rotatable bonds is 5. The average molecular weight is 302 g/mol. The van der Waals surface area contributed by atoms with E-state index in [0.717, 1.165) is 0 Å². The molecular formula is C16H14O4S. The molecule has 2 aromatic rings. The Morgan fingerprint density at radius 1 is 1.10 bits per heavy atom. The average Bonchev–Trinajstić information content (AvgIpc) is 3.01. The van der Waals surface area contributed by atoms with E-state index < -0.39 is 5.97 Å². The highest BCUT2D eigenvalue weighted by Crippen LogP contribution is 2.28. The lowest BCUT2D eigenvalue weighted by molar-refractivity contribution is -0.133. The van der Waals surface area contributed by atoms with Gasteiger partial charge in [-0.1, -0.05) is 30.3 Å². The molecule has 0 N–H and O–H groups in total. The first kappa shape index (κ1) is 15.0. The SMILES string of the molecule is COC=C(C(=O)OC)c1ccsc1C(=O)c1ccccc1. The van der Waals surface area contributed by atoms with Crippen LogP contribution in [-0.2, 0) is 14.3 Å². The first-order chi connectivity index (χ1) is 10.2. The first-order valence-corrected chi connectivity index (χ1v) is 7.06. The lowest BCUT2D eigenvalue weighted by Gasteiger charge is -2.06. The van der Waals surface area contributed by atoms with Gasteiger partial charge in [0.05, 0.1) is 25.4 Å². The predicted octanol–water partition coefficient (Wildman–Crippen LogP) is 3.14. The van der Waals surface area contributed by atoms with E-state index in [0.29, 0.717) is 16.0 Å². The van der Waals surface area contributed by atoms with Crippen LogP contribution in [0.3, 0.4) is 0 Å². The molecule has 21 heavy (non-hydrogen) atoms. The highest BCUT2D eigenvalue weighted by atomic mass is 32.1. The second-order valence-electron chi connectivity index (χ2n) is 4.12. The van der Waals surface area contributed by atoms with E-state index in [4.69, 9.17) is 9.47 Å². The minimum Gasteiger partial charge on any atom is -0.503 e. The zero-order valence-corrected chi connectivity index (χ0v) is 12.5. The number of benzene rings is 1. The van der Waals surface area contributed by atoms with Gasteiger partial charge in [0, 0.05) is 11.1 Å². The van der Waals surface area contributed by atoms with Gasteiger partial charge in [-0.3, -0.25) is 4.79 Å². The lowest BCUT2D eigenvalue weighted by atomic mass is 10.0. The van der Waals surface area contributed by atoms with Crippen molar-refractivity contribution in [1.29, 1.82) is 0 Å². The Hall–Kier alpha value is -2.40. The molecule has 0 aliphatic carbocycles. The van der Waals surface area contributed by atoms with Crippen molar-refractivity contribution in [3.05, 3.63) is 64.0 Å². The number of esters is 1. The van der Waals surface area contributed by atoms with E-state index in [2.05, 4.69) is 0 Å². The number of thiophene rings is 1. The smallest absolute Gasteiger partial charge is 0.341 e. The molecule has 0 saturated carbocycles. The summed E-state index contributed by atoms with van der Waals surface area (Å²) in [6.45, 7) is 0. The van der Waals surface area contributed by atoms with E-state index in [1.165, 1.54) is 31.8 Å². The molecule has 0 aliphatic rings. The molecule has 0 fully saturated rings. The summed E-state index contributed by atoms with van der Waals surface area (Å²) in [6.07, 6.45) is 1.29. The molecule has 1 aromatic heterocycles. The third-order valence-electron chi connectivity index (χ3n) is 2.84. The molecule has 5 heteroatoms. The molecule has 0 aliphatic heterocycles. The van der Waals surface area contributed by atoms with E-state index in [-0.39, 0.29) is 11.4 Å². The second-order valence-corrected chi connectivity index (χ2v) is 5.03. The Bertz CT molecular complexity index is 671. The van der Waals surface area contributed by atoms with Gasteiger partial charge in [0.2, 0.25) is 5.78 Å². The Kier molecular flexibility index (Phi) is 4.90. The normalized spacial score (nSPS) is 11.0. The van der Waals surface area contributed by atoms with Crippen molar-refractivity contribution in [2.45, 2.75) is 0 Å². The van der Waals surface area contributed by atoms with Crippen LogP contribution in [0.4, 0.5) is 0 Å². The number of methoxy groups -OCH3 is 2. The largest absolute Gasteiger partial charge is 0.503 e. The Morgan fingerprint density at radius 2 is 1.81 bits per heavy atom. The molecule has 108 valence electrons. The van der Waals surface area contributed by atoms with Crippen molar-refractivity contribution >= 4 is 28.7 Å². The van der Waals surface area contributed by atoms with E-state index >= 15 is 0 Å². The van der Waals surface area contributed by atoms with Crippen molar-refractivity contribution in [1.82, 2.24) is 0 Å². The number of hydrogen-bond acceptors (Lipinski definition) is 5. The van der Waals surface area contributed by atoms with Crippen LogP contribution >= 0.6 is 11.3 Å². The van der Waals surface area contributed by atoms with Gasteiger partial charge in [0.25, 0.3) is 0 Å². The Morgan fingerprint density at radius 3 is 2.43 bits per heavy atom. The molecule has 0 spiro atoms. The van der Waals surface area contributed by atoms with Gasteiger partial charge < -0.3 is 9.47 Å². The minimum absolute atomic E-state index is 0.133. The fraction of sp³-hybridized carbons (Fsp3) is 0.125. The zero-order valence-electron chi connectivity index (χ0n) is 11.7. The summed E-state index contributed by atoms with van der Waals surface area (Å²) < 4.78 is 9.66. The summed E-state index contributed by atoms with van der Waals surface area (Å²) in [7, 11) is 2.73. The maximum absolute atomic E-state index is 12.5. The van der Waals surface area contributed by atoms with Gasteiger partial charge in [0.1, 0.15) is 5.57 Å². The monoisotopic (exact) mass is 302 g/mol. The summed E-state index contributed by atoms with van der Waals surface area (Å²) in [6, 6.07) is 10.6. The van der Waals surface area contributed by atoms with Crippen molar-refractivity contribution < 1.29 is 19.1 Å². The van der Waals surface area contributed by atoms with Crippen LogP contribution < -0.4 is 0 Å². The summed E-state index contributed by atoms with van der Waals surface area (Å²) in [5, 5.41) is 1.76. The van der Waals surface area contributed by atoms with Crippen molar-refractivity contribution in [3.63, 3.8) is 0 Å². The fourth-order valence-electron chi connectivity index (χ4n) is 1.87. The van der Waals surface area contributed by atoms with Crippen LogP contribution in [0.5, 0.6) is 0 Å². The number of carbonyl (C=O) groups is 2. The maximum atomic E-state index is 12.5. The van der Waals surface area contributed by atoms with Crippen LogP contribution in [0, 0.1) is 0 Å². The molecule has 1 heterocycles. The topological polar surface area (TPSA) is 52.6 Å². The molecule has 0 bridgehead atoms. The molecule has 0 amide bonds. The van der Waals surface area contributed by atoms with Crippen LogP contribution in [0.25, 0.3) is 5.57 Å². The molecule has 0 atom stereocenters. The quantitative estimate of drug-likeness (QED) is 0.368. The summed E-state index contributed by atoms with van der Waals surface area (Å²) in [5.74, 6) is -0.677. The fourth-order valence-corrected chi connectivity index (χ4v) is 2.74. The Balaban J connectivity index is 2.45. The molecule has 0 saturated heterocycles. The van der Waals surface area contributed by atoms with Crippen LogP contribution in [0.15, 0.2) is 48.0 Å². The van der Waals surface area contributed by atoms with Gasteiger partial charge in [-0.25, -0.2) is 4.79 Å². The van der Waals surface area contributed by atoms with Gasteiger partial charge >= 0.3 is 5.97 Å². The molecule has 4 nitrogen and oxygen atoms in total. The molecule has 2 rings (SSSR count). The minimum atomic E-state index is -0.544. The third kappa shape index (κ3) is 3.20. The number of ketones is 1. The van der Waals surface area contributed by atoms with Crippen LogP contribution in [-0.4, -0.2) is 26.0 Å². The first-order valence-electron chi connectivity index (χ1n) is 6.18. The van der Waals surface area contributed by atoms with E-state index in [1.54, 1.807) is 35.7 Å². The van der Waals surface area contributed by atoms with Gasteiger partial charge in [0.15, 0.2) is 0 Å². The number of ether oxygens (including phenoxy) is 2. The van der Waals surface area contributed by atoms with Crippen LogP contribution in [0.2, 0.25) is 0 Å². The number of carbonyl (C=O) groups excluding carboxylic acids is 2. The van der Waals surface area contributed by atoms with E-state index in [9.17, 15) is 9.59 Å². The van der Waals surface area contributed by atoms with Crippen molar-refractivity contribution in [2.75, 3.05) is 14.2 Å². The highest BCUT2D eigenvalue weighted by molar-refractivity contribution is 7.12. The maximum Gasteiger partial charge on any atom is 0.341 e. The summed E-state index contributed by atoms with van der Waals surface area (Å²) in [4.78, 5) is 24.9. The molecule has 0 radical (unpaired) electrons. The third-order valence-corrected chi connectivity index (χ3v) is 3.75. The zero-order chi connectivity index (χ0) is 15.2. The lowest BCUT2D eigenvalue weighted by Crippen LogP contribution is -2.08. The summed E-state index contributed by atoms with van der Waals surface area (Å²) >= 11 is 1.28. The second kappa shape index (κ2) is 6.85. The van der Waals surface area contributed by atoms with Gasteiger partial charge in [-0.05, 0) is 11.4 Å². The van der Waals surface area contributed by atoms with Crippen LogP contribution in [0.1, 0.15) is 20.8 Å². The van der Waals surface area contributed by atoms with E-state index in [1.807, 2.05) is 6.07 Å². The van der Waals surface area contributed by atoms with Gasteiger partial charge in [-0.15, -0.1) is 11.3 Å². The Labute approximate surface area is 126 Å². The summed E-state index contributed by atoms with van der Waals surface area (Å²) in [5.41, 5.74) is 1.31.